The molecule has 0 bridgehead atoms. The van der Waals surface area contributed by atoms with Crippen LogP contribution in [0.3, 0.4) is 0 Å². The summed E-state index contributed by atoms with van der Waals surface area (Å²) in [5, 5.41) is 8.78. The van der Waals surface area contributed by atoms with Gasteiger partial charge in [0.1, 0.15) is 5.41 Å². The number of rotatable bonds is 6. The van der Waals surface area contributed by atoms with E-state index >= 15 is 0 Å². The van der Waals surface area contributed by atoms with E-state index in [0.29, 0.717) is 5.56 Å². The van der Waals surface area contributed by atoms with Crippen molar-refractivity contribution in [1.82, 2.24) is 0 Å². The Labute approximate surface area is 154 Å². The summed E-state index contributed by atoms with van der Waals surface area (Å²) in [6, 6.07) is 15.0. The van der Waals surface area contributed by atoms with Crippen LogP contribution in [0, 0.1) is 5.41 Å². The highest BCUT2D eigenvalue weighted by molar-refractivity contribution is 9.10. The summed E-state index contributed by atoms with van der Waals surface area (Å²) < 4.78 is 32.2. The van der Waals surface area contributed by atoms with Gasteiger partial charge >= 0.3 is 5.97 Å². The van der Waals surface area contributed by atoms with Crippen LogP contribution in [0.4, 0.5) is 0 Å². The molecule has 0 aromatic heterocycles. The van der Waals surface area contributed by atoms with Crippen molar-refractivity contribution in [3.8, 4) is 0 Å². The molecule has 25 heavy (non-hydrogen) atoms. The average Bonchev–Trinajstić information content (AvgIpc) is 3.28. The van der Waals surface area contributed by atoms with E-state index in [9.17, 15) is 18.3 Å². The molecular weight excluding hydrogens is 408 g/mol. The third kappa shape index (κ3) is 2.90. The predicted octanol–water partition coefficient (Wildman–Crippen LogP) is 3.11. The number of carbonyl (C=O) groups is 1. The molecule has 2 aromatic rings. The quantitative estimate of drug-likeness (QED) is 0.770. The minimum absolute atomic E-state index is 0.126. The normalized spacial score (nSPS) is 25.5. The van der Waals surface area contributed by atoms with E-state index in [4.69, 9.17) is 4.74 Å². The van der Waals surface area contributed by atoms with E-state index in [1.54, 1.807) is 42.5 Å². The smallest absolute Gasteiger partial charge is 0.314 e. The van der Waals surface area contributed by atoms with Crippen LogP contribution < -0.4 is 0 Å². The van der Waals surface area contributed by atoms with E-state index in [-0.39, 0.29) is 11.5 Å². The molecule has 1 aliphatic carbocycles. The number of benzene rings is 2. The molecule has 0 unspecified atom stereocenters. The SMILES string of the molecule is COC[C@]1(C(=O)O)[C@H](c2ccc(Br)cc2)[C@@H]1S(=O)(=O)c1ccccc1. The van der Waals surface area contributed by atoms with Gasteiger partial charge in [-0.05, 0) is 29.8 Å². The van der Waals surface area contributed by atoms with Gasteiger partial charge in [0.25, 0.3) is 0 Å². The second-order valence-electron chi connectivity index (χ2n) is 6.09. The van der Waals surface area contributed by atoms with Crippen molar-refractivity contribution >= 4 is 31.7 Å². The second kappa shape index (κ2) is 6.55. The third-order valence-corrected chi connectivity index (χ3v) is 7.49. The van der Waals surface area contributed by atoms with Crippen LogP contribution in [0.2, 0.25) is 0 Å². The second-order valence-corrected chi connectivity index (χ2v) is 9.07. The maximum Gasteiger partial charge on any atom is 0.314 e. The molecule has 5 nitrogen and oxygen atoms in total. The minimum atomic E-state index is -3.82. The van der Waals surface area contributed by atoms with Gasteiger partial charge in [0.15, 0.2) is 9.84 Å². The van der Waals surface area contributed by atoms with Gasteiger partial charge in [0.05, 0.1) is 16.8 Å². The molecular formula is C18H17BrO5S. The van der Waals surface area contributed by atoms with Gasteiger partial charge in [-0.3, -0.25) is 4.79 Å². The lowest BCUT2D eigenvalue weighted by Crippen LogP contribution is -2.28. The highest BCUT2D eigenvalue weighted by Gasteiger charge is 2.76. The van der Waals surface area contributed by atoms with Crippen molar-refractivity contribution in [2.24, 2.45) is 5.41 Å². The molecule has 2 aromatic carbocycles. The first-order valence-electron chi connectivity index (χ1n) is 7.62. The molecule has 0 spiro atoms. The molecule has 0 aliphatic heterocycles. The van der Waals surface area contributed by atoms with Gasteiger partial charge < -0.3 is 9.84 Å². The number of carboxylic acid groups (broad SMARTS) is 1. The molecule has 1 fully saturated rings. The molecule has 0 saturated heterocycles. The number of methoxy groups -OCH3 is 1. The third-order valence-electron chi connectivity index (χ3n) is 4.67. The summed E-state index contributed by atoms with van der Waals surface area (Å²) in [5.41, 5.74) is -0.816. The van der Waals surface area contributed by atoms with Crippen LogP contribution >= 0.6 is 15.9 Å². The summed E-state index contributed by atoms with van der Waals surface area (Å²) in [4.78, 5) is 12.2. The van der Waals surface area contributed by atoms with Gasteiger partial charge in [-0.25, -0.2) is 8.42 Å². The minimum Gasteiger partial charge on any atom is -0.481 e. The summed E-state index contributed by atoms with van der Waals surface area (Å²) in [5.74, 6) is -1.82. The van der Waals surface area contributed by atoms with Gasteiger partial charge in [-0.2, -0.15) is 0 Å². The molecule has 1 saturated carbocycles. The molecule has 3 rings (SSSR count). The van der Waals surface area contributed by atoms with Crippen LogP contribution in [0.5, 0.6) is 0 Å². The number of aliphatic carboxylic acids is 1. The monoisotopic (exact) mass is 424 g/mol. The molecule has 1 aliphatic rings. The number of ether oxygens (including phenoxy) is 1. The van der Waals surface area contributed by atoms with Crippen LogP contribution in [0.25, 0.3) is 0 Å². The van der Waals surface area contributed by atoms with Crippen LogP contribution in [0.1, 0.15) is 11.5 Å². The number of carboxylic acids is 1. The average molecular weight is 425 g/mol. The topological polar surface area (TPSA) is 80.7 Å². The van der Waals surface area contributed by atoms with Crippen molar-refractivity contribution in [2.45, 2.75) is 16.1 Å². The Morgan fingerprint density at radius 3 is 2.28 bits per heavy atom. The van der Waals surface area contributed by atoms with Gasteiger partial charge in [-0.15, -0.1) is 0 Å². The first-order valence-corrected chi connectivity index (χ1v) is 9.96. The Kier molecular flexibility index (Phi) is 4.74. The van der Waals surface area contributed by atoms with Crippen molar-refractivity contribution in [3.05, 3.63) is 64.6 Å². The van der Waals surface area contributed by atoms with E-state index in [2.05, 4.69) is 15.9 Å². The van der Waals surface area contributed by atoms with E-state index in [1.807, 2.05) is 0 Å². The number of halogens is 1. The maximum atomic E-state index is 13.1. The first kappa shape index (κ1) is 18.1. The lowest BCUT2D eigenvalue weighted by molar-refractivity contribution is -0.145. The lowest BCUT2D eigenvalue weighted by atomic mass is 10.0. The molecule has 1 N–H and O–H groups in total. The molecule has 0 radical (unpaired) electrons. The van der Waals surface area contributed by atoms with Crippen molar-refractivity contribution in [3.63, 3.8) is 0 Å². The van der Waals surface area contributed by atoms with E-state index in [1.165, 1.54) is 19.2 Å². The summed E-state index contributed by atoms with van der Waals surface area (Å²) in [6.45, 7) is -0.167. The zero-order valence-corrected chi connectivity index (χ0v) is 15.8. The van der Waals surface area contributed by atoms with Crippen LogP contribution in [-0.2, 0) is 19.4 Å². The van der Waals surface area contributed by atoms with Crippen molar-refractivity contribution in [1.29, 1.82) is 0 Å². The summed E-state index contributed by atoms with van der Waals surface area (Å²) >= 11 is 3.34. The summed E-state index contributed by atoms with van der Waals surface area (Å²) in [7, 11) is -2.44. The molecule has 0 heterocycles. The summed E-state index contributed by atoms with van der Waals surface area (Å²) in [6.07, 6.45) is 0. The highest BCUT2D eigenvalue weighted by atomic mass is 79.9. The van der Waals surface area contributed by atoms with Crippen LogP contribution in [0.15, 0.2) is 64.0 Å². The predicted molar refractivity (Wildman–Crippen MR) is 96.2 cm³/mol. The fourth-order valence-electron chi connectivity index (χ4n) is 3.49. The first-order chi connectivity index (χ1) is 11.9. The zero-order chi connectivity index (χ0) is 18.2. The van der Waals surface area contributed by atoms with E-state index in [0.717, 1.165) is 4.47 Å². The fraction of sp³-hybridized carbons (Fsp3) is 0.278. The van der Waals surface area contributed by atoms with E-state index < -0.39 is 32.4 Å². The van der Waals surface area contributed by atoms with Gasteiger partial charge in [0.2, 0.25) is 0 Å². The molecule has 7 heteroatoms. The molecule has 3 atom stereocenters. The Balaban J connectivity index is 2.12. The Hall–Kier alpha value is -1.70. The van der Waals surface area contributed by atoms with Gasteiger partial charge in [-0.1, -0.05) is 46.3 Å². The molecule has 132 valence electrons. The number of hydrogen-bond acceptors (Lipinski definition) is 4. The number of hydrogen-bond donors (Lipinski definition) is 1. The van der Waals surface area contributed by atoms with Gasteiger partial charge in [0, 0.05) is 17.5 Å². The molecule has 0 amide bonds. The zero-order valence-electron chi connectivity index (χ0n) is 13.4. The Morgan fingerprint density at radius 1 is 1.16 bits per heavy atom. The fourth-order valence-corrected chi connectivity index (χ4v) is 6.13. The maximum absolute atomic E-state index is 13.1. The lowest BCUT2D eigenvalue weighted by Gasteiger charge is -2.12. The van der Waals surface area contributed by atoms with Crippen molar-refractivity contribution < 1.29 is 23.1 Å². The van der Waals surface area contributed by atoms with Crippen LogP contribution in [-0.4, -0.2) is 38.5 Å². The standard InChI is InChI=1S/C18H17BrO5S/c1-24-11-18(17(20)21)15(12-7-9-13(19)10-8-12)16(18)25(22,23)14-5-3-2-4-6-14/h2-10,15-16H,11H2,1H3,(H,20,21)/t15-,16+,18+/m1/s1. The number of sulfone groups is 1. The van der Waals surface area contributed by atoms with Crippen molar-refractivity contribution in [2.75, 3.05) is 13.7 Å². The largest absolute Gasteiger partial charge is 0.481 e. The Bertz CT molecular complexity index is 879. The Morgan fingerprint density at radius 2 is 1.76 bits per heavy atom. The highest BCUT2D eigenvalue weighted by Crippen LogP contribution is 2.64.